The van der Waals surface area contributed by atoms with E-state index in [1.165, 1.54) is 7.11 Å². The maximum atomic E-state index is 12.1. The molecule has 0 amide bonds. The number of hydrogen-bond acceptors (Lipinski definition) is 5. The summed E-state index contributed by atoms with van der Waals surface area (Å²) in [6.45, 7) is 5.45. The van der Waals surface area contributed by atoms with Crippen LogP contribution in [0.25, 0.3) is 0 Å². The second-order valence-electron chi connectivity index (χ2n) is 4.32. The molecule has 5 heteroatoms. The van der Waals surface area contributed by atoms with Gasteiger partial charge in [-0.05, 0) is 6.42 Å². The number of ether oxygens (including phenoxy) is 4. The molecule has 0 aromatic rings. The summed E-state index contributed by atoms with van der Waals surface area (Å²) >= 11 is 0. The van der Waals surface area contributed by atoms with Gasteiger partial charge in [0.2, 0.25) is 0 Å². The van der Waals surface area contributed by atoms with Gasteiger partial charge in [0, 0.05) is 6.42 Å². The van der Waals surface area contributed by atoms with Gasteiger partial charge in [-0.15, -0.1) is 6.58 Å². The minimum absolute atomic E-state index is 0.242. The Kier molecular flexibility index (Phi) is 3.51. The molecule has 2 rings (SSSR count). The lowest BCUT2D eigenvalue weighted by Gasteiger charge is -2.46. The number of hydrogen-bond donors (Lipinski definition) is 0. The van der Waals surface area contributed by atoms with Crippen LogP contribution in [0.5, 0.6) is 0 Å². The van der Waals surface area contributed by atoms with E-state index in [0.29, 0.717) is 32.7 Å². The second-order valence-corrected chi connectivity index (χ2v) is 4.32. The maximum absolute atomic E-state index is 12.1. The summed E-state index contributed by atoms with van der Waals surface area (Å²) in [6.07, 6.45) is 2.63. The molecule has 2 aliphatic rings. The van der Waals surface area contributed by atoms with E-state index in [1.807, 2.05) is 0 Å². The minimum atomic E-state index is -0.932. The predicted molar refractivity (Wildman–Crippen MR) is 59.3 cm³/mol. The number of allylic oxidation sites excluding steroid dienone is 1. The van der Waals surface area contributed by atoms with Gasteiger partial charge in [-0.1, -0.05) is 6.08 Å². The smallest absolute Gasteiger partial charge is 0.320 e. The zero-order valence-corrected chi connectivity index (χ0v) is 10.1. The van der Waals surface area contributed by atoms with Crippen LogP contribution in [0.4, 0.5) is 0 Å². The van der Waals surface area contributed by atoms with Crippen molar-refractivity contribution in [3.05, 3.63) is 12.7 Å². The Bertz CT molecular complexity index is 308. The number of carbonyl (C=O) groups excluding carboxylic acids is 1. The van der Waals surface area contributed by atoms with E-state index in [1.54, 1.807) is 6.08 Å². The Morgan fingerprint density at radius 1 is 1.41 bits per heavy atom. The molecule has 2 fully saturated rings. The molecule has 1 atom stereocenters. The molecule has 0 aromatic carbocycles. The highest BCUT2D eigenvalue weighted by Gasteiger charge is 2.62. The molecule has 17 heavy (non-hydrogen) atoms. The standard InChI is InChI=1S/C12H18O5/c1-3-4-11(10(13)14-2)9-15-6-5-12(11)16-7-8-17-12/h3H,1,4-9H2,2H3/t11-/m1/s1. The van der Waals surface area contributed by atoms with Crippen molar-refractivity contribution in [2.75, 3.05) is 33.5 Å². The van der Waals surface area contributed by atoms with Gasteiger partial charge < -0.3 is 18.9 Å². The van der Waals surface area contributed by atoms with E-state index in [9.17, 15) is 4.79 Å². The fourth-order valence-electron chi connectivity index (χ4n) is 2.63. The number of rotatable bonds is 3. The third-order valence-corrected chi connectivity index (χ3v) is 3.48. The Hall–Kier alpha value is -0.910. The molecule has 0 unspecified atom stereocenters. The lowest BCUT2D eigenvalue weighted by molar-refractivity contribution is -0.281. The van der Waals surface area contributed by atoms with Gasteiger partial charge in [-0.25, -0.2) is 0 Å². The molecule has 2 aliphatic heterocycles. The number of methoxy groups -OCH3 is 1. The summed E-state index contributed by atoms with van der Waals surface area (Å²) in [5.74, 6) is -1.27. The third kappa shape index (κ3) is 1.78. The summed E-state index contributed by atoms with van der Waals surface area (Å²) in [6, 6.07) is 0. The van der Waals surface area contributed by atoms with Gasteiger partial charge >= 0.3 is 5.97 Å². The summed E-state index contributed by atoms with van der Waals surface area (Å²) in [7, 11) is 1.37. The average Bonchev–Trinajstić information content (AvgIpc) is 2.81. The number of esters is 1. The van der Waals surface area contributed by atoms with Crippen LogP contribution in [0.15, 0.2) is 12.7 Å². The topological polar surface area (TPSA) is 54.0 Å². The van der Waals surface area contributed by atoms with Crippen LogP contribution in [0.2, 0.25) is 0 Å². The van der Waals surface area contributed by atoms with Crippen LogP contribution in [0.1, 0.15) is 12.8 Å². The van der Waals surface area contributed by atoms with Crippen LogP contribution < -0.4 is 0 Å². The highest BCUT2D eigenvalue weighted by Crippen LogP contribution is 2.47. The summed E-state index contributed by atoms with van der Waals surface area (Å²) in [4.78, 5) is 12.1. The molecule has 0 bridgehead atoms. The van der Waals surface area contributed by atoms with E-state index in [-0.39, 0.29) is 12.6 Å². The van der Waals surface area contributed by atoms with Crippen LogP contribution in [-0.4, -0.2) is 45.3 Å². The summed E-state index contributed by atoms with van der Waals surface area (Å²) in [5.41, 5.74) is -0.932. The monoisotopic (exact) mass is 242 g/mol. The van der Waals surface area contributed by atoms with Gasteiger partial charge in [-0.2, -0.15) is 0 Å². The van der Waals surface area contributed by atoms with Crippen LogP contribution in [0.3, 0.4) is 0 Å². The van der Waals surface area contributed by atoms with Gasteiger partial charge in [0.15, 0.2) is 5.79 Å². The first-order chi connectivity index (χ1) is 8.21. The van der Waals surface area contributed by atoms with Crippen molar-refractivity contribution in [2.45, 2.75) is 18.6 Å². The molecule has 2 saturated heterocycles. The van der Waals surface area contributed by atoms with Crippen molar-refractivity contribution in [1.82, 2.24) is 0 Å². The highest BCUT2D eigenvalue weighted by atomic mass is 16.7. The first-order valence-electron chi connectivity index (χ1n) is 5.76. The summed E-state index contributed by atoms with van der Waals surface area (Å²) in [5, 5.41) is 0. The van der Waals surface area contributed by atoms with Gasteiger partial charge in [-0.3, -0.25) is 4.79 Å². The minimum Gasteiger partial charge on any atom is -0.468 e. The summed E-state index contributed by atoms with van der Waals surface area (Å²) < 4.78 is 21.8. The van der Waals surface area contributed by atoms with E-state index >= 15 is 0 Å². The molecule has 0 aliphatic carbocycles. The fourth-order valence-corrected chi connectivity index (χ4v) is 2.63. The SMILES string of the molecule is C=CC[C@]1(C(=O)OC)COCCC12OCCO2. The molecule has 0 saturated carbocycles. The second kappa shape index (κ2) is 4.76. The Morgan fingerprint density at radius 2 is 2.12 bits per heavy atom. The molecule has 0 aromatic heterocycles. The quantitative estimate of drug-likeness (QED) is 0.543. The van der Waals surface area contributed by atoms with Crippen molar-refractivity contribution < 1.29 is 23.7 Å². The van der Waals surface area contributed by atoms with Crippen LogP contribution in [-0.2, 0) is 23.7 Å². The molecule has 5 nitrogen and oxygen atoms in total. The first kappa shape index (κ1) is 12.5. The van der Waals surface area contributed by atoms with Gasteiger partial charge in [0.05, 0.1) is 33.5 Å². The molecule has 2 heterocycles. The third-order valence-electron chi connectivity index (χ3n) is 3.48. The molecular weight excluding hydrogens is 224 g/mol. The average molecular weight is 242 g/mol. The van der Waals surface area contributed by atoms with E-state index in [2.05, 4.69) is 6.58 Å². The Labute approximate surface area is 101 Å². The molecule has 96 valence electrons. The van der Waals surface area contributed by atoms with Crippen molar-refractivity contribution in [3.8, 4) is 0 Å². The molecule has 0 radical (unpaired) electrons. The predicted octanol–water partition coefficient (Wildman–Crippen LogP) is 0.885. The highest BCUT2D eigenvalue weighted by molar-refractivity contribution is 5.78. The van der Waals surface area contributed by atoms with Gasteiger partial charge in [0.25, 0.3) is 0 Å². The fraction of sp³-hybridized carbons (Fsp3) is 0.750. The Balaban J connectivity index is 2.38. The van der Waals surface area contributed by atoms with Crippen molar-refractivity contribution >= 4 is 5.97 Å². The maximum Gasteiger partial charge on any atom is 0.320 e. The lowest BCUT2D eigenvalue weighted by Crippen LogP contribution is -2.60. The van der Waals surface area contributed by atoms with Crippen LogP contribution >= 0.6 is 0 Å². The normalized spacial score (nSPS) is 31.4. The van der Waals surface area contributed by atoms with Crippen molar-refractivity contribution in [1.29, 1.82) is 0 Å². The van der Waals surface area contributed by atoms with Crippen LogP contribution in [0, 0.1) is 5.41 Å². The Morgan fingerprint density at radius 3 is 2.71 bits per heavy atom. The first-order valence-corrected chi connectivity index (χ1v) is 5.76. The van der Waals surface area contributed by atoms with Gasteiger partial charge in [0.1, 0.15) is 5.41 Å². The van der Waals surface area contributed by atoms with Crippen molar-refractivity contribution in [3.63, 3.8) is 0 Å². The molecular formula is C12H18O5. The molecule has 0 N–H and O–H groups in total. The number of carbonyl (C=O) groups is 1. The van der Waals surface area contributed by atoms with Crippen molar-refractivity contribution in [2.24, 2.45) is 5.41 Å². The zero-order chi connectivity index (χ0) is 12.4. The van der Waals surface area contributed by atoms with E-state index in [4.69, 9.17) is 18.9 Å². The lowest BCUT2D eigenvalue weighted by atomic mass is 9.74. The zero-order valence-electron chi connectivity index (χ0n) is 10.1. The van der Waals surface area contributed by atoms with E-state index in [0.717, 1.165) is 0 Å². The van der Waals surface area contributed by atoms with E-state index < -0.39 is 11.2 Å². The molecule has 1 spiro atoms. The largest absolute Gasteiger partial charge is 0.468 e.